The smallest absolute Gasteiger partial charge is 0.236 e. The van der Waals surface area contributed by atoms with Crippen LogP contribution in [0.2, 0.25) is 0 Å². The van der Waals surface area contributed by atoms with Gasteiger partial charge in [-0.05, 0) is 18.7 Å². The Bertz CT molecular complexity index is 444. The van der Waals surface area contributed by atoms with Crippen molar-refractivity contribution in [3.8, 4) is 0 Å². The number of nitrogens with one attached hydrogen (secondary N) is 1. The minimum atomic E-state index is 0.101. The first-order valence-electron chi connectivity index (χ1n) is 7.01. The van der Waals surface area contributed by atoms with Crippen LogP contribution < -0.4 is 10.2 Å². The number of anilines is 1. The van der Waals surface area contributed by atoms with Crippen LogP contribution in [0.1, 0.15) is 5.56 Å². The number of para-hydroxylation sites is 1. The quantitative estimate of drug-likeness (QED) is 0.860. The lowest BCUT2D eigenvalue weighted by Gasteiger charge is -2.31. The van der Waals surface area contributed by atoms with Crippen LogP contribution in [-0.4, -0.2) is 57.8 Å². The summed E-state index contributed by atoms with van der Waals surface area (Å²) in [7, 11) is 3.63. The average Bonchev–Trinajstić information content (AvgIpc) is 2.49. The first kappa shape index (κ1) is 14.8. The summed E-state index contributed by atoms with van der Waals surface area (Å²) in [6.07, 6.45) is 0. The van der Waals surface area contributed by atoms with Gasteiger partial charge in [0.05, 0.1) is 19.8 Å². The first-order valence-corrected chi connectivity index (χ1v) is 7.01. The van der Waals surface area contributed by atoms with Crippen LogP contribution in [0, 0.1) is 0 Å². The molecule has 1 amide bonds. The van der Waals surface area contributed by atoms with E-state index in [1.54, 1.807) is 11.9 Å². The Labute approximate surface area is 120 Å². The lowest BCUT2D eigenvalue weighted by Crippen LogP contribution is -2.38. The molecule has 0 aliphatic carbocycles. The van der Waals surface area contributed by atoms with Crippen LogP contribution in [0.25, 0.3) is 0 Å². The standard InChI is InChI=1S/C15H23N3O2/c1-16-11-15(19)17(2)12-13-5-3-4-6-14(13)18-7-9-20-10-8-18/h3-6,16H,7-12H2,1-2H3. The summed E-state index contributed by atoms with van der Waals surface area (Å²) in [5, 5.41) is 2.89. The van der Waals surface area contributed by atoms with Crippen LogP contribution in [0.3, 0.4) is 0 Å². The van der Waals surface area contributed by atoms with Crippen molar-refractivity contribution in [2.24, 2.45) is 0 Å². The van der Waals surface area contributed by atoms with Crippen molar-refractivity contribution in [2.45, 2.75) is 6.54 Å². The molecule has 5 nitrogen and oxygen atoms in total. The number of hydrogen-bond donors (Lipinski definition) is 1. The fourth-order valence-corrected chi connectivity index (χ4v) is 2.39. The largest absolute Gasteiger partial charge is 0.378 e. The number of hydrogen-bond acceptors (Lipinski definition) is 4. The molecule has 1 heterocycles. The van der Waals surface area contributed by atoms with Gasteiger partial charge in [0, 0.05) is 32.4 Å². The Hall–Kier alpha value is -1.59. The molecule has 2 rings (SSSR count). The Kier molecular flexibility index (Phi) is 5.38. The third-order valence-electron chi connectivity index (χ3n) is 3.50. The van der Waals surface area contributed by atoms with E-state index in [1.807, 2.05) is 19.2 Å². The van der Waals surface area contributed by atoms with Crippen LogP contribution in [-0.2, 0) is 16.1 Å². The van der Waals surface area contributed by atoms with E-state index >= 15 is 0 Å². The second-order valence-electron chi connectivity index (χ2n) is 5.01. The number of likely N-dealkylation sites (N-methyl/N-ethyl adjacent to an activating group) is 2. The van der Waals surface area contributed by atoms with Gasteiger partial charge in [0.15, 0.2) is 0 Å². The van der Waals surface area contributed by atoms with Crippen molar-refractivity contribution in [3.05, 3.63) is 29.8 Å². The van der Waals surface area contributed by atoms with E-state index < -0.39 is 0 Å². The minimum Gasteiger partial charge on any atom is -0.378 e. The number of amides is 1. The third-order valence-corrected chi connectivity index (χ3v) is 3.50. The van der Waals surface area contributed by atoms with E-state index in [4.69, 9.17) is 4.74 Å². The van der Waals surface area contributed by atoms with Crippen molar-refractivity contribution >= 4 is 11.6 Å². The zero-order valence-corrected chi connectivity index (χ0v) is 12.3. The van der Waals surface area contributed by atoms with E-state index in [0.29, 0.717) is 13.1 Å². The number of rotatable bonds is 5. The third kappa shape index (κ3) is 3.71. The molecule has 1 aliphatic heterocycles. The zero-order valence-electron chi connectivity index (χ0n) is 12.3. The second kappa shape index (κ2) is 7.26. The molecule has 0 unspecified atom stereocenters. The Balaban J connectivity index is 2.09. The van der Waals surface area contributed by atoms with Gasteiger partial charge in [0.25, 0.3) is 0 Å². The van der Waals surface area contributed by atoms with Gasteiger partial charge in [-0.25, -0.2) is 0 Å². The van der Waals surface area contributed by atoms with Gasteiger partial charge in [0.2, 0.25) is 5.91 Å². The maximum atomic E-state index is 11.9. The van der Waals surface area contributed by atoms with E-state index in [9.17, 15) is 4.79 Å². The monoisotopic (exact) mass is 277 g/mol. The molecule has 0 bridgehead atoms. The molecule has 1 aromatic rings. The summed E-state index contributed by atoms with van der Waals surface area (Å²) in [5.41, 5.74) is 2.39. The van der Waals surface area contributed by atoms with Crippen LogP contribution in [0.4, 0.5) is 5.69 Å². The Morgan fingerprint density at radius 2 is 2.05 bits per heavy atom. The predicted molar refractivity (Wildman–Crippen MR) is 79.9 cm³/mol. The highest BCUT2D eigenvalue weighted by atomic mass is 16.5. The highest BCUT2D eigenvalue weighted by molar-refractivity contribution is 5.78. The SMILES string of the molecule is CNCC(=O)N(C)Cc1ccccc1N1CCOCC1. The molecule has 0 atom stereocenters. The molecule has 0 saturated carbocycles. The fourth-order valence-electron chi connectivity index (χ4n) is 2.39. The summed E-state index contributed by atoms with van der Waals surface area (Å²) < 4.78 is 5.40. The van der Waals surface area contributed by atoms with Gasteiger partial charge in [-0.1, -0.05) is 18.2 Å². The molecule has 5 heteroatoms. The van der Waals surface area contributed by atoms with Crippen molar-refractivity contribution < 1.29 is 9.53 Å². The van der Waals surface area contributed by atoms with E-state index in [2.05, 4.69) is 22.3 Å². The van der Waals surface area contributed by atoms with Gasteiger partial charge < -0.3 is 19.9 Å². The van der Waals surface area contributed by atoms with Crippen LogP contribution >= 0.6 is 0 Å². The molecule has 1 aromatic carbocycles. The summed E-state index contributed by atoms with van der Waals surface area (Å²) in [6, 6.07) is 8.28. The summed E-state index contributed by atoms with van der Waals surface area (Å²) in [6.45, 7) is 4.35. The number of carbonyl (C=O) groups excluding carboxylic acids is 1. The lowest BCUT2D eigenvalue weighted by atomic mass is 10.1. The molecule has 110 valence electrons. The molecule has 0 spiro atoms. The zero-order chi connectivity index (χ0) is 14.4. The van der Waals surface area contributed by atoms with Crippen LogP contribution in [0.5, 0.6) is 0 Å². The highest BCUT2D eigenvalue weighted by Gasteiger charge is 2.16. The van der Waals surface area contributed by atoms with Crippen LogP contribution in [0.15, 0.2) is 24.3 Å². The van der Waals surface area contributed by atoms with Crippen molar-refractivity contribution in [2.75, 3.05) is 51.8 Å². The molecule has 1 N–H and O–H groups in total. The lowest BCUT2D eigenvalue weighted by molar-refractivity contribution is -0.129. The summed E-state index contributed by atoms with van der Waals surface area (Å²) >= 11 is 0. The number of morpholine rings is 1. The van der Waals surface area contributed by atoms with Gasteiger partial charge in [-0.2, -0.15) is 0 Å². The minimum absolute atomic E-state index is 0.101. The predicted octanol–water partition coefficient (Wildman–Crippen LogP) is 0.701. The topological polar surface area (TPSA) is 44.8 Å². The maximum Gasteiger partial charge on any atom is 0.236 e. The number of nitrogens with zero attached hydrogens (tertiary/aromatic N) is 2. The Morgan fingerprint density at radius 1 is 1.35 bits per heavy atom. The Morgan fingerprint density at radius 3 is 2.75 bits per heavy atom. The first-order chi connectivity index (χ1) is 9.72. The molecule has 1 fully saturated rings. The molecular weight excluding hydrogens is 254 g/mol. The maximum absolute atomic E-state index is 11.9. The fraction of sp³-hybridized carbons (Fsp3) is 0.533. The molecule has 1 aliphatic rings. The molecule has 0 aromatic heterocycles. The number of benzene rings is 1. The summed E-state index contributed by atoms with van der Waals surface area (Å²) in [5.74, 6) is 0.101. The average molecular weight is 277 g/mol. The van der Waals surface area contributed by atoms with Gasteiger partial charge in [0.1, 0.15) is 0 Å². The molecular formula is C15H23N3O2. The normalized spacial score (nSPS) is 15.2. The number of carbonyl (C=O) groups is 1. The number of ether oxygens (including phenoxy) is 1. The molecule has 0 radical (unpaired) electrons. The van der Waals surface area contributed by atoms with E-state index in [0.717, 1.165) is 26.3 Å². The summed E-state index contributed by atoms with van der Waals surface area (Å²) in [4.78, 5) is 16.0. The molecule has 20 heavy (non-hydrogen) atoms. The van der Waals surface area contributed by atoms with Gasteiger partial charge >= 0.3 is 0 Å². The van der Waals surface area contributed by atoms with E-state index in [-0.39, 0.29) is 5.91 Å². The molecule has 1 saturated heterocycles. The van der Waals surface area contributed by atoms with Crippen molar-refractivity contribution in [3.63, 3.8) is 0 Å². The highest BCUT2D eigenvalue weighted by Crippen LogP contribution is 2.22. The van der Waals surface area contributed by atoms with E-state index in [1.165, 1.54) is 11.3 Å². The second-order valence-corrected chi connectivity index (χ2v) is 5.01. The van der Waals surface area contributed by atoms with Gasteiger partial charge in [-0.3, -0.25) is 4.79 Å². The van der Waals surface area contributed by atoms with Crippen molar-refractivity contribution in [1.82, 2.24) is 10.2 Å². The van der Waals surface area contributed by atoms with Gasteiger partial charge in [-0.15, -0.1) is 0 Å². The van der Waals surface area contributed by atoms with Crippen molar-refractivity contribution in [1.29, 1.82) is 0 Å².